The fraction of sp³-hybridized carbons (Fsp3) is 0.577. The van der Waals surface area contributed by atoms with E-state index in [1.54, 1.807) is 0 Å². The summed E-state index contributed by atoms with van der Waals surface area (Å²) in [6, 6.07) is 0. The van der Waals surface area contributed by atoms with Crippen molar-refractivity contribution in [1.29, 1.82) is 0 Å². The number of hydrogen-bond acceptors (Lipinski definition) is 5. The van der Waals surface area contributed by atoms with Crippen LogP contribution >= 0.6 is 0 Å². The van der Waals surface area contributed by atoms with Gasteiger partial charge in [0.15, 0.2) is 6.10 Å². The third-order valence-corrected chi connectivity index (χ3v) is 9.02. The Balaban J connectivity index is 3.68. The number of hydrogen-bond donors (Lipinski definition) is 1. The normalized spacial score (nSPS) is 13.4. The zero-order chi connectivity index (χ0) is 41.4. The molecule has 0 aromatic rings. The summed E-state index contributed by atoms with van der Waals surface area (Å²) >= 11 is 0. The highest BCUT2D eigenvalue weighted by Gasteiger charge is 2.16. The average molecular weight is 787 g/mol. The molecule has 0 amide bonds. The number of aliphatic hydroxyl groups excluding tert-OH is 1. The van der Waals surface area contributed by atoms with Crippen molar-refractivity contribution in [1.82, 2.24) is 0 Å². The highest BCUT2D eigenvalue weighted by atomic mass is 16.6. The number of ether oxygens (including phenoxy) is 2. The van der Waals surface area contributed by atoms with Crippen molar-refractivity contribution in [3.63, 3.8) is 0 Å². The zero-order valence-electron chi connectivity index (χ0n) is 36.3. The lowest BCUT2D eigenvalue weighted by molar-refractivity contribution is -0.161. The zero-order valence-corrected chi connectivity index (χ0v) is 36.3. The average Bonchev–Trinajstić information content (AvgIpc) is 3.21. The molecule has 0 aromatic heterocycles. The third-order valence-electron chi connectivity index (χ3n) is 9.02. The van der Waals surface area contributed by atoms with E-state index in [9.17, 15) is 14.7 Å². The Bertz CT molecular complexity index is 1210. The first-order chi connectivity index (χ1) is 28.1. The van der Waals surface area contributed by atoms with Crippen LogP contribution in [0.25, 0.3) is 0 Å². The van der Waals surface area contributed by atoms with Gasteiger partial charge in [0.2, 0.25) is 0 Å². The first-order valence-electron chi connectivity index (χ1n) is 22.6. The number of aliphatic hydroxyl groups is 1. The van der Waals surface area contributed by atoms with Gasteiger partial charge in [0, 0.05) is 12.8 Å². The fourth-order valence-electron chi connectivity index (χ4n) is 5.64. The minimum absolute atomic E-state index is 0.0826. The summed E-state index contributed by atoms with van der Waals surface area (Å²) in [7, 11) is 0. The van der Waals surface area contributed by atoms with Gasteiger partial charge in [-0.1, -0.05) is 193 Å². The quantitative estimate of drug-likeness (QED) is 0.0382. The molecule has 0 saturated heterocycles. The van der Waals surface area contributed by atoms with Crippen molar-refractivity contribution in [3.8, 4) is 0 Å². The molecule has 5 nitrogen and oxygen atoms in total. The molecule has 57 heavy (non-hydrogen) atoms. The highest BCUT2D eigenvalue weighted by molar-refractivity contribution is 5.70. The van der Waals surface area contributed by atoms with E-state index in [-0.39, 0.29) is 25.2 Å². The Morgan fingerprint density at radius 1 is 0.421 bits per heavy atom. The Labute approximate surface area is 350 Å². The monoisotopic (exact) mass is 787 g/mol. The summed E-state index contributed by atoms with van der Waals surface area (Å²) in [6.45, 7) is 3.95. The molecule has 0 rings (SSSR count). The maximum absolute atomic E-state index is 12.2. The maximum atomic E-state index is 12.2. The van der Waals surface area contributed by atoms with Gasteiger partial charge in [-0.05, 0) is 89.9 Å². The van der Waals surface area contributed by atoms with Crippen LogP contribution in [0.15, 0.2) is 122 Å². The molecule has 0 saturated carbocycles. The molecule has 0 spiro atoms. The number of rotatable bonds is 39. The first kappa shape index (κ1) is 53.3. The van der Waals surface area contributed by atoms with Crippen LogP contribution in [0.4, 0.5) is 0 Å². The molecule has 0 aliphatic rings. The van der Waals surface area contributed by atoms with Gasteiger partial charge in [-0.3, -0.25) is 9.59 Å². The molecule has 1 atom stereocenters. The summed E-state index contributed by atoms with van der Waals surface area (Å²) in [5.41, 5.74) is 0. The molecular weight excluding hydrogens is 705 g/mol. The summed E-state index contributed by atoms with van der Waals surface area (Å²) < 4.78 is 10.5. The number of esters is 2. The van der Waals surface area contributed by atoms with Crippen molar-refractivity contribution in [3.05, 3.63) is 122 Å². The molecule has 0 aliphatic carbocycles. The van der Waals surface area contributed by atoms with Crippen LogP contribution in [0.2, 0.25) is 0 Å². The van der Waals surface area contributed by atoms with Gasteiger partial charge in [-0.25, -0.2) is 0 Å². The number of allylic oxidation sites excluding steroid dienone is 20. The van der Waals surface area contributed by atoms with E-state index in [0.717, 1.165) is 116 Å². The summed E-state index contributed by atoms with van der Waals surface area (Å²) in [5.74, 6) is -0.635. The smallest absolute Gasteiger partial charge is 0.306 e. The van der Waals surface area contributed by atoms with Crippen LogP contribution in [0.1, 0.15) is 174 Å². The van der Waals surface area contributed by atoms with E-state index in [0.29, 0.717) is 12.8 Å². The minimum atomic E-state index is -0.789. The molecule has 0 aliphatic heterocycles. The highest BCUT2D eigenvalue weighted by Crippen LogP contribution is 2.11. The third kappa shape index (κ3) is 44.9. The second-order valence-corrected chi connectivity index (χ2v) is 14.4. The van der Waals surface area contributed by atoms with E-state index in [4.69, 9.17) is 9.47 Å². The van der Waals surface area contributed by atoms with Crippen molar-refractivity contribution >= 4 is 11.9 Å². The van der Waals surface area contributed by atoms with E-state index in [1.807, 2.05) is 0 Å². The second-order valence-electron chi connectivity index (χ2n) is 14.4. The van der Waals surface area contributed by atoms with Crippen LogP contribution in [-0.2, 0) is 19.1 Å². The fourth-order valence-corrected chi connectivity index (χ4v) is 5.64. The van der Waals surface area contributed by atoms with E-state index in [2.05, 4.69) is 135 Å². The van der Waals surface area contributed by atoms with E-state index >= 15 is 0 Å². The van der Waals surface area contributed by atoms with Crippen molar-refractivity contribution in [2.45, 2.75) is 180 Å². The predicted octanol–water partition coefficient (Wildman–Crippen LogP) is 14.8. The molecule has 0 aromatic carbocycles. The molecule has 1 unspecified atom stereocenters. The Morgan fingerprint density at radius 2 is 0.754 bits per heavy atom. The van der Waals surface area contributed by atoms with Gasteiger partial charge in [0.1, 0.15) is 6.61 Å². The first-order valence-corrected chi connectivity index (χ1v) is 22.6. The van der Waals surface area contributed by atoms with Crippen molar-refractivity contribution < 1.29 is 24.2 Å². The van der Waals surface area contributed by atoms with Gasteiger partial charge in [-0.2, -0.15) is 0 Å². The summed E-state index contributed by atoms with van der Waals surface area (Å²) in [5, 5.41) is 9.53. The molecule has 0 bridgehead atoms. The van der Waals surface area contributed by atoms with Crippen molar-refractivity contribution in [2.75, 3.05) is 13.2 Å². The van der Waals surface area contributed by atoms with Gasteiger partial charge >= 0.3 is 11.9 Å². The number of unbranched alkanes of at least 4 members (excludes halogenated alkanes) is 11. The van der Waals surface area contributed by atoms with Gasteiger partial charge in [-0.15, -0.1) is 0 Å². The van der Waals surface area contributed by atoms with Gasteiger partial charge in [0.25, 0.3) is 0 Å². The largest absolute Gasteiger partial charge is 0.462 e. The molecule has 1 N–H and O–H groups in total. The lowest BCUT2D eigenvalue weighted by Crippen LogP contribution is -2.28. The van der Waals surface area contributed by atoms with Gasteiger partial charge in [0.05, 0.1) is 6.61 Å². The lowest BCUT2D eigenvalue weighted by Gasteiger charge is -2.15. The Kier molecular flexibility index (Phi) is 43.7. The molecular formula is C52H82O5. The molecule has 0 fully saturated rings. The van der Waals surface area contributed by atoms with Crippen LogP contribution in [0.5, 0.6) is 0 Å². The predicted molar refractivity (Wildman–Crippen MR) is 246 cm³/mol. The summed E-state index contributed by atoms with van der Waals surface area (Å²) in [4.78, 5) is 24.2. The van der Waals surface area contributed by atoms with E-state index in [1.165, 1.54) is 32.1 Å². The topological polar surface area (TPSA) is 72.8 Å². The minimum Gasteiger partial charge on any atom is -0.462 e. The van der Waals surface area contributed by atoms with Crippen LogP contribution in [0.3, 0.4) is 0 Å². The number of carbonyl (C=O) groups is 2. The molecule has 320 valence electrons. The van der Waals surface area contributed by atoms with Crippen molar-refractivity contribution in [2.24, 2.45) is 0 Å². The van der Waals surface area contributed by atoms with Crippen LogP contribution in [0, 0.1) is 0 Å². The standard InChI is InChI=1S/C52H82O5/c1-3-5-7-9-11-13-14-15-16-17-18-19-20-21-22-23-24-25-26-27-28-29-30-31-32-33-34-35-36-37-38-39-41-43-45-47-52(55)57-50(48-53)49-56-51(54)46-44-42-40-12-10-8-6-4-2/h5,7,11,13,15-16,18-19,21-22,24-25,27-28,30-31,33-34,36-37,50,53H,3-4,6,8-10,12,14,17,20,23,26,29,32,35,38-49H2,1-2H3/b7-5-,13-11-,16-15-,19-18-,22-21-,25-24-,28-27-,31-30-,34-33-,37-36-. The lowest BCUT2D eigenvalue weighted by atomic mass is 10.1. The van der Waals surface area contributed by atoms with Crippen LogP contribution in [-0.4, -0.2) is 36.4 Å². The van der Waals surface area contributed by atoms with Gasteiger partial charge < -0.3 is 14.6 Å². The second kappa shape index (κ2) is 46.7. The summed E-state index contributed by atoms with van der Waals surface area (Å²) in [6.07, 6.45) is 68.6. The molecule has 5 heteroatoms. The Hall–Kier alpha value is -3.70. The molecule has 0 radical (unpaired) electrons. The molecule has 0 heterocycles. The number of carbonyl (C=O) groups excluding carboxylic acids is 2. The van der Waals surface area contributed by atoms with Crippen LogP contribution < -0.4 is 0 Å². The Morgan fingerprint density at radius 3 is 1.14 bits per heavy atom. The van der Waals surface area contributed by atoms with E-state index < -0.39 is 6.10 Å². The maximum Gasteiger partial charge on any atom is 0.306 e. The SMILES string of the molecule is CC/C=C\C/C=C\C/C=C\C/C=C\C/C=C\C/C=C\C/C=C\C/C=C\C/C=C\C/C=C\CCCCCCC(=O)OC(CO)COC(=O)CCCCCCCCCC.